The number of carbonyl (C=O) groups is 2. The molecule has 5 heteroatoms. The lowest BCUT2D eigenvalue weighted by atomic mass is 9.88. The van der Waals surface area contributed by atoms with Crippen LogP contribution in [0.25, 0.3) is 0 Å². The Morgan fingerprint density at radius 3 is 2.67 bits per heavy atom. The standard InChI is InChI=1S/C19H19ClN2O2/c1-13-11-16(20)4-5-17(13)18(23)15-3-2-10-22(12-15)19(24)14-6-8-21-9-7-14/h4-9,11,15H,2-3,10,12H2,1H3/t15-/m0/s1. The number of amides is 1. The second-order valence-electron chi connectivity index (χ2n) is 6.15. The molecule has 24 heavy (non-hydrogen) atoms. The topological polar surface area (TPSA) is 50.3 Å². The van der Waals surface area contributed by atoms with Gasteiger partial charge in [-0.05, 0) is 55.7 Å². The molecule has 1 fully saturated rings. The van der Waals surface area contributed by atoms with Crippen molar-refractivity contribution >= 4 is 23.3 Å². The monoisotopic (exact) mass is 342 g/mol. The number of halogens is 1. The highest BCUT2D eigenvalue weighted by Gasteiger charge is 2.30. The fraction of sp³-hybridized carbons (Fsp3) is 0.316. The molecule has 124 valence electrons. The van der Waals surface area contributed by atoms with Gasteiger partial charge in [-0.3, -0.25) is 14.6 Å². The number of Topliss-reactive ketones (excluding diaryl/α,β-unsaturated/α-hetero) is 1. The van der Waals surface area contributed by atoms with Crippen LogP contribution in [0.4, 0.5) is 0 Å². The van der Waals surface area contributed by atoms with Gasteiger partial charge in [0.15, 0.2) is 5.78 Å². The van der Waals surface area contributed by atoms with Crippen molar-refractivity contribution in [2.75, 3.05) is 13.1 Å². The molecule has 1 saturated heterocycles. The maximum Gasteiger partial charge on any atom is 0.253 e. The minimum Gasteiger partial charge on any atom is -0.338 e. The zero-order valence-electron chi connectivity index (χ0n) is 13.5. The highest BCUT2D eigenvalue weighted by atomic mass is 35.5. The Morgan fingerprint density at radius 1 is 1.21 bits per heavy atom. The molecular weight excluding hydrogens is 324 g/mol. The number of hydrogen-bond donors (Lipinski definition) is 0. The molecule has 1 amide bonds. The maximum atomic E-state index is 12.8. The fourth-order valence-electron chi connectivity index (χ4n) is 3.18. The zero-order chi connectivity index (χ0) is 17.1. The molecule has 2 heterocycles. The largest absolute Gasteiger partial charge is 0.338 e. The van der Waals surface area contributed by atoms with Crippen molar-refractivity contribution in [2.24, 2.45) is 5.92 Å². The van der Waals surface area contributed by atoms with Crippen molar-refractivity contribution in [3.05, 3.63) is 64.4 Å². The van der Waals surface area contributed by atoms with Gasteiger partial charge in [-0.1, -0.05) is 11.6 Å². The van der Waals surface area contributed by atoms with Gasteiger partial charge >= 0.3 is 0 Å². The first-order valence-corrected chi connectivity index (χ1v) is 8.43. The van der Waals surface area contributed by atoms with E-state index < -0.39 is 0 Å². The van der Waals surface area contributed by atoms with E-state index in [1.54, 1.807) is 47.6 Å². The molecule has 3 rings (SSSR count). The van der Waals surface area contributed by atoms with E-state index in [0.717, 1.165) is 18.4 Å². The van der Waals surface area contributed by atoms with Crippen molar-refractivity contribution in [2.45, 2.75) is 19.8 Å². The summed E-state index contributed by atoms with van der Waals surface area (Å²) >= 11 is 5.97. The van der Waals surface area contributed by atoms with Gasteiger partial charge in [-0.15, -0.1) is 0 Å². The number of aryl methyl sites for hydroxylation is 1. The molecule has 1 atom stereocenters. The van der Waals surface area contributed by atoms with E-state index in [1.807, 2.05) is 6.92 Å². The second kappa shape index (κ2) is 7.14. The predicted octanol–water partition coefficient (Wildman–Crippen LogP) is 3.78. The summed E-state index contributed by atoms with van der Waals surface area (Å²) in [5.74, 6) is -0.108. The lowest BCUT2D eigenvalue weighted by molar-refractivity contribution is 0.0636. The van der Waals surface area contributed by atoms with E-state index in [9.17, 15) is 9.59 Å². The summed E-state index contributed by atoms with van der Waals surface area (Å²) in [5, 5.41) is 0.627. The van der Waals surface area contributed by atoms with Crippen molar-refractivity contribution in [3.63, 3.8) is 0 Å². The Balaban J connectivity index is 1.75. The van der Waals surface area contributed by atoms with Gasteiger partial charge in [-0.2, -0.15) is 0 Å². The first-order valence-electron chi connectivity index (χ1n) is 8.06. The van der Waals surface area contributed by atoms with Crippen LogP contribution in [0.5, 0.6) is 0 Å². The van der Waals surface area contributed by atoms with Crippen LogP contribution in [0.3, 0.4) is 0 Å². The van der Waals surface area contributed by atoms with Crippen LogP contribution in [-0.2, 0) is 0 Å². The average molecular weight is 343 g/mol. The van der Waals surface area contributed by atoms with Crippen LogP contribution in [0.2, 0.25) is 5.02 Å². The number of pyridine rings is 1. The van der Waals surface area contributed by atoms with Crippen LogP contribution >= 0.6 is 11.6 Å². The number of aromatic nitrogens is 1. The first kappa shape index (κ1) is 16.7. The van der Waals surface area contributed by atoms with Crippen molar-refractivity contribution in [1.29, 1.82) is 0 Å². The van der Waals surface area contributed by atoms with E-state index in [1.165, 1.54) is 0 Å². The Morgan fingerprint density at radius 2 is 1.96 bits per heavy atom. The quantitative estimate of drug-likeness (QED) is 0.798. The van der Waals surface area contributed by atoms with Crippen LogP contribution < -0.4 is 0 Å². The second-order valence-corrected chi connectivity index (χ2v) is 6.59. The Hall–Kier alpha value is -2.20. The van der Waals surface area contributed by atoms with Crippen molar-refractivity contribution < 1.29 is 9.59 Å². The summed E-state index contributed by atoms with van der Waals surface area (Å²) in [4.78, 5) is 31.1. The zero-order valence-corrected chi connectivity index (χ0v) is 14.3. The molecule has 0 N–H and O–H groups in total. The molecule has 0 spiro atoms. The van der Waals surface area contributed by atoms with E-state index in [-0.39, 0.29) is 17.6 Å². The highest BCUT2D eigenvalue weighted by molar-refractivity contribution is 6.30. The maximum absolute atomic E-state index is 12.8. The van der Waals surface area contributed by atoms with Crippen molar-refractivity contribution in [1.82, 2.24) is 9.88 Å². The molecule has 0 saturated carbocycles. The molecule has 1 aromatic carbocycles. The van der Waals surface area contributed by atoms with Gasteiger partial charge in [0.1, 0.15) is 0 Å². The average Bonchev–Trinajstić information content (AvgIpc) is 2.61. The Bertz CT molecular complexity index is 761. The number of ketones is 1. The van der Waals surface area contributed by atoms with Crippen molar-refractivity contribution in [3.8, 4) is 0 Å². The molecule has 0 unspecified atom stereocenters. The smallest absolute Gasteiger partial charge is 0.253 e. The highest BCUT2D eigenvalue weighted by Crippen LogP contribution is 2.25. The third kappa shape index (κ3) is 3.49. The number of hydrogen-bond acceptors (Lipinski definition) is 3. The fourth-order valence-corrected chi connectivity index (χ4v) is 3.40. The third-order valence-corrected chi connectivity index (χ3v) is 4.70. The Kier molecular flexibility index (Phi) is 4.95. The normalized spacial score (nSPS) is 17.6. The number of piperidine rings is 1. The van der Waals surface area contributed by atoms with E-state index in [2.05, 4.69) is 4.98 Å². The summed E-state index contributed by atoms with van der Waals surface area (Å²) in [6, 6.07) is 8.74. The first-order chi connectivity index (χ1) is 11.6. The summed E-state index contributed by atoms with van der Waals surface area (Å²) < 4.78 is 0. The van der Waals surface area contributed by atoms with Gasteiger partial charge in [0, 0.05) is 47.6 Å². The summed E-state index contributed by atoms with van der Waals surface area (Å²) in [6.45, 7) is 3.04. The Labute approximate surface area is 146 Å². The van der Waals surface area contributed by atoms with Gasteiger partial charge in [-0.25, -0.2) is 0 Å². The van der Waals surface area contributed by atoms with E-state index in [0.29, 0.717) is 29.2 Å². The molecule has 1 aromatic heterocycles. The van der Waals surface area contributed by atoms with Crippen LogP contribution in [-0.4, -0.2) is 34.7 Å². The molecule has 0 bridgehead atoms. The van der Waals surface area contributed by atoms with Crippen LogP contribution in [0, 0.1) is 12.8 Å². The molecule has 0 aliphatic carbocycles. The third-order valence-electron chi connectivity index (χ3n) is 4.46. The predicted molar refractivity (Wildman–Crippen MR) is 93.4 cm³/mol. The van der Waals surface area contributed by atoms with Crippen LogP contribution in [0.1, 0.15) is 39.1 Å². The number of rotatable bonds is 3. The van der Waals surface area contributed by atoms with E-state index >= 15 is 0 Å². The van der Waals surface area contributed by atoms with Gasteiger partial charge < -0.3 is 4.90 Å². The molecule has 4 nitrogen and oxygen atoms in total. The molecular formula is C19H19ClN2O2. The number of likely N-dealkylation sites (tertiary alicyclic amines) is 1. The summed E-state index contributed by atoms with van der Waals surface area (Å²) in [6.07, 6.45) is 4.86. The lowest BCUT2D eigenvalue weighted by Crippen LogP contribution is -2.42. The minimum atomic E-state index is -0.163. The molecule has 2 aromatic rings. The number of carbonyl (C=O) groups excluding carboxylic acids is 2. The summed E-state index contributed by atoms with van der Waals surface area (Å²) in [5.41, 5.74) is 2.19. The number of benzene rings is 1. The molecule has 0 radical (unpaired) electrons. The lowest BCUT2D eigenvalue weighted by Gasteiger charge is -2.32. The van der Waals surface area contributed by atoms with Crippen LogP contribution in [0.15, 0.2) is 42.7 Å². The summed E-state index contributed by atoms with van der Waals surface area (Å²) in [7, 11) is 0. The van der Waals surface area contributed by atoms with E-state index in [4.69, 9.17) is 11.6 Å². The minimum absolute atomic E-state index is 0.0391. The van der Waals surface area contributed by atoms with Gasteiger partial charge in [0.2, 0.25) is 0 Å². The SMILES string of the molecule is Cc1cc(Cl)ccc1C(=O)[C@H]1CCCN(C(=O)c2ccncc2)C1. The van der Waals surface area contributed by atoms with Gasteiger partial charge in [0.05, 0.1) is 0 Å². The number of nitrogens with zero attached hydrogens (tertiary/aromatic N) is 2. The molecule has 1 aliphatic heterocycles. The molecule has 1 aliphatic rings. The van der Waals surface area contributed by atoms with Gasteiger partial charge in [0.25, 0.3) is 5.91 Å².